The number of hydrogen-bond acceptors (Lipinski definition) is 6. The number of nitrogens with zero attached hydrogens (tertiary/aromatic N) is 1. The summed E-state index contributed by atoms with van der Waals surface area (Å²) in [7, 11) is 3.35. The zero-order chi connectivity index (χ0) is 15.9. The van der Waals surface area contributed by atoms with Gasteiger partial charge in [0.15, 0.2) is 0 Å². The van der Waals surface area contributed by atoms with E-state index in [0.29, 0.717) is 0 Å². The van der Waals surface area contributed by atoms with Crippen LogP contribution in [0.15, 0.2) is 0 Å². The van der Waals surface area contributed by atoms with Crippen LogP contribution in [0.1, 0.15) is 19.3 Å². The molecular formula is C11H17NO8. The highest BCUT2D eigenvalue weighted by molar-refractivity contribution is 5.90. The van der Waals surface area contributed by atoms with Crippen molar-refractivity contribution >= 4 is 23.9 Å². The molecule has 9 heteroatoms. The van der Waals surface area contributed by atoms with Gasteiger partial charge in [0.2, 0.25) is 5.60 Å². The molecule has 0 fully saturated rings. The first kappa shape index (κ1) is 17.8. The minimum atomic E-state index is -2.60. The molecular weight excluding hydrogens is 274 g/mol. The molecule has 0 aromatic rings. The van der Waals surface area contributed by atoms with Gasteiger partial charge < -0.3 is 25.0 Å². The number of hydrogen-bond donors (Lipinski definition) is 3. The summed E-state index contributed by atoms with van der Waals surface area (Å²) in [6, 6.07) is 0. The number of esters is 1. The van der Waals surface area contributed by atoms with Crippen molar-refractivity contribution in [1.29, 1.82) is 0 Å². The second kappa shape index (κ2) is 7.43. The molecule has 0 radical (unpaired) electrons. The fourth-order valence-corrected chi connectivity index (χ4v) is 1.40. The van der Waals surface area contributed by atoms with Crippen molar-refractivity contribution in [3.63, 3.8) is 0 Å². The molecule has 0 bridgehead atoms. The minimum absolute atomic E-state index is 0.179. The van der Waals surface area contributed by atoms with E-state index in [1.807, 2.05) is 0 Å². The number of carbonyl (C=O) groups excluding carboxylic acids is 1. The van der Waals surface area contributed by atoms with Gasteiger partial charge in [-0.1, -0.05) is 0 Å². The summed E-state index contributed by atoms with van der Waals surface area (Å²) in [4.78, 5) is 45.7. The van der Waals surface area contributed by atoms with E-state index in [1.165, 1.54) is 0 Å². The first-order valence-corrected chi connectivity index (χ1v) is 5.62. The molecule has 0 aromatic carbocycles. The van der Waals surface area contributed by atoms with Crippen molar-refractivity contribution in [3.05, 3.63) is 0 Å². The molecule has 0 aliphatic rings. The Labute approximate surface area is 114 Å². The monoisotopic (exact) mass is 291 g/mol. The minimum Gasteiger partial charge on any atom is -0.481 e. The van der Waals surface area contributed by atoms with Crippen LogP contribution in [0.4, 0.5) is 0 Å². The third kappa shape index (κ3) is 6.14. The van der Waals surface area contributed by atoms with E-state index in [1.54, 1.807) is 19.0 Å². The largest absolute Gasteiger partial charge is 0.481 e. The molecule has 9 nitrogen and oxygen atoms in total. The van der Waals surface area contributed by atoms with Gasteiger partial charge in [-0.2, -0.15) is 0 Å². The summed E-state index contributed by atoms with van der Waals surface area (Å²) < 4.78 is 4.64. The fraction of sp³-hybridized carbons (Fsp3) is 0.636. The molecule has 0 unspecified atom stereocenters. The zero-order valence-corrected chi connectivity index (χ0v) is 11.2. The van der Waals surface area contributed by atoms with Gasteiger partial charge in [0.1, 0.15) is 0 Å². The fourth-order valence-electron chi connectivity index (χ4n) is 1.40. The molecule has 20 heavy (non-hydrogen) atoms. The molecule has 0 saturated carbocycles. The van der Waals surface area contributed by atoms with Crippen LogP contribution < -0.4 is 0 Å². The molecule has 0 saturated heterocycles. The maximum Gasteiger partial charge on any atom is 0.349 e. The second-order valence-electron chi connectivity index (χ2n) is 4.47. The van der Waals surface area contributed by atoms with Crippen LogP contribution in [0, 0.1) is 0 Å². The lowest BCUT2D eigenvalue weighted by atomic mass is 9.95. The van der Waals surface area contributed by atoms with E-state index in [2.05, 4.69) is 4.74 Å². The van der Waals surface area contributed by atoms with Crippen molar-refractivity contribution in [2.75, 3.05) is 20.6 Å². The van der Waals surface area contributed by atoms with Crippen molar-refractivity contribution in [2.24, 2.45) is 0 Å². The average molecular weight is 291 g/mol. The summed E-state index contributed by atoms with van der Waals surface area (Å²) in [6.45, 7) is 0.259. The molecule has 0 atom stereocenters. The number of carbonyl (C=O) groups is 4. The maximum atomic E-state index is 11.5. The van der Waals surface area contributed by atoms with Crippen LogP contribution in [-0.2, 0) is 23.9 Å². The van der Waals surface area contributed by atoms with Crippen LogP contribution >= 0.6 is 0 Å². The number of aliphatic carboxylic acids is 3. The van der Waals surface area contributed by atoms with Crippen molar-refractivity contribution in [3.8, 4) is 0 Å². The number of carboxylic acids is 3. The van der Waals surface area contributed by atoms with Crippen molar-refractivity contribution < 1.29 is 39.2 Å². The molecule has 3 N–H and O–H groups in total. The van der Waals surface area contributed by atoms with Gasteiger partial charge in [0.05, 0.1) is 19.3 Å². The topological polar surface area (TPSA) is 141 Å². The normalized spacial score (nSPS) is 11.2. The van der Waals surface area contributed by atoms with Gasteiger partial charge in [0, 0.05) is 6.54 Å². The third-order valence-electron chi connectivity index (χ3n) is 2.34. The molecule has 114 valence electrons. The summed E-state index contributed by atoms with van der Waals surface area (Å²) in [6.07, 6.45) is -2.42. The van der Waals surface area contributed by atoms with E-state index >= 15 is 0 Å². The Morgan fingerprint density at radius 3 is 1.75 bits per heavy atom. The molecule has 0 aromatic heterocycles. The predicted molar refractivity (Wildman–Crippen MR) is 64.1 cm³/mol. The first-order chi connectivity index (χ1) is 9.09. The highest BCUT2D eigenvalue weighted by Gasteiger charge is 2.47. The smallest absolute Gasteiger partial charge is 0.349 e. The van der Waals surface area contributed by atoms with Gasteiger partial charge in [0.25, 0.3) is 0 Å². The molecule has 0 heterocycles. The molecule has 0 spiro atoms. The Morgan fingerprint density at radius 2 is 1.45 bits per heavy atom. The Hall–Kier alpha value is -2.16. The standard InChI is InChI=1S/C11H17NO8/c1-12(2)4-3-9(17)20-11(10(18)19,5-7(13)14)6-8(15)16/h3-6H2,1-2H3,(H,13,14)(H,15,16)(H,18,19). The van der Waals surface area contributed by atoms with E-state index in [4.69, 9.17) is 15.3 Å². The average Bonchev–Trinajstić information content (AvgIpc) is 2.23. The SMILES string of the molecule is CN(C)CCC(=O)OC(CC(=O)O)(CC(=O)O)C(=O)O. The van der Waals surface area contributed by atoms with E-state index < -0.39 is 42.3 Å². The first-order valence-electron chi connectivity index (χ1n) is 5.62. The molecule has 0 amide bonds. The van der Waals surface area contributed by atoms with E-state index in [9.17, 15) is 19.2 Å². The van der Waals surface area contributed by atoms with Gasteiger partial charge in [-0.05, 0) is 14.1 Å². The Balaban J connectivity index is 5.08. The third-order valence-corrected chi connectivity index (χ3v) is 2.34. The highest BCUT2D eigenvalue weighted by atomic mass is 16.6. The van der Waals surface area contributed by atoms with E-state index in [-0.39, 0.29) is 13.0 Å². The van der Waals surface area contributed by atoms with Gasteiger partial charge in [-0.25, -0.2) is 4.79 Å². The predicted octanol–water partition coefficient (Wildman–Crippen LogP) is -0.746. The van der Waals surface area contributed by atoms with Crippen LogP contribution in [0.5, 0.6) is 0 Å². The number of ether oxygens (including phenoxy) is 1. The Morgan fingerprint density at radius 1 is 1.00 bits per heavy atom. The molecule has 0 aliphatic carbocycles. The van der Waals surface area contributed by atoms with Gasteiger partial charge in [-0.3, -0.25) is 14.4 Å². The van der Waals surface area contributed by atoms with Gasteiger partial charge in [-0.15, -0.1) is 0 Å². The lowest BCUT2D eigenvalue weighted by Gasteiger charge is -2.26. The highest BCUT2D eigenvalue weighted by Crippen LogP contribution is 2.23. The van der Waals surface area contributed by atoms with Crippen LogP contribution in [0.25, 0.3) is 0 Å². The van der Waals surface area contributed by atoms with Crippen LogP contribution in [0.3, 0.4) is 0 Å². The summed E-state index contributed by atoms with van der Waals surface area (Å²) >= 11 is 0. The molecule has 0 aliphatic heterocycles. The maximum absolute atomic E-state index is 11.5. The summed E-state index contributed by atoms with van der Waals surface area (Å²) in [5.74, 6) is -5.92. The lowest BCUT2D eigenvalue weighted by molar-refractivity contribution is -0.186. The number of rotatable bonds is 9. The second-order valence-corrected chi connectivity index (χ2v) is 4.47. The van der Waals surface area contributed by atoms with Crippen LogP contribution in [0.2, 0.25) is 0 Å². The Bertz CT molecular complexity index is 387. The van der Waals surface area contributed by atoms with E-state index in [0.717, 1.165) is 0 Å². The number of carboxylic acid groups (broad SMARTS) is 3. The van der Waals surface area contributed by atoms with Crippen molar-refractivity contribution in [2.45, 2.75) is 24.9 Å². The van der Waals surface area contributed by atoms with Crippen LogP contribution in [-0.4, -0.2) is 70.3 Å². The Kier molecular flexibility index (Phi) is 6.63. The van der Waals surface area contributed by atoms with Crippen molar-refractivity contribution in [1.82, 2.24) is 4.90 Å². The molecule has 0 rings (SSSR count). The summed E-state index contributed by atoms with van der Waals surface area (Å²) in [5, 5.41) is 26.4. The quantitative estimate of drug-likeness (QED) is 0.468. The zero-order valence-electron chi connectivity index (χ0n) is 11.2. The summed E-state index contributed by atoms with van der Waals surface area (Å²) in [5.41, 5.74) is -2.60. The van der Waals surface area contributed by atoms with Gasteiger partial charge >= 0.3 is 23.9 Å². The lowest BCUT2D eigenvalue weighted by Crippen LogP contribution is -2.47.